The van der Waals surface area contributed by atoms with Crippen LogP contribution in [0.4, 0.5) is 19.1 Å². The number of rotatable bonds is 4. The molecule has 9 heteroatoms. The van der Waals surface area contributed by atoms with Crippen LogP contribution in [0.25, 0.3) is 5.70 Å². The SMILES string of the molecule is C=C(/N=C(/N)C=N)c1cnc(N2CCC[C@H]2C(F)(F)F)nc1. The molecular formula is C13H15F3N6. The van der Waals surface area contributed by atoms with E-state index in [1.165, 1.54) is 12.4 Å². The number of nitrogens with one attached hydrogen (secondary N) is 1. The van der Waals surface area contributed by atoms with E-state index in [1.807, 2.05) is 0 Å². The summed E-state index contributed by atoms with van der Waals surface area (Å²) < 4.78 is 38.8. The van der Waals surface area contributed by atoms with Gasteiger partial charge in [-0.25, -0.2) is 15.0 Å². The molecule has 0 amide bonds. The first kappa shape index (κ1) is 15.9. The number of hydrogen-bond donors (Lipinski definition) is 2. The molecule has 0 spiro atoms. The largest absolute Gasteiger partial charge is 0.408 e. The molecule has 1 aromatic heterocycles. The Morgan fingerprint density at radius 3 is 2.64 bits per heavy atom. The first-order valence-corrected chi connectivity index (χ1v) is 6.52. The summed E-state index contributed by atoms with van der Waals surface area (Å²) in [4.78, 5) is 12.9. The third-order valence-electron chi connectivity index (χ3n) is 3.27. The van der Waals surface area contributed by atoms with E-state index < -0.39 is 12.2 Å². The lowest BCUT2D eigenvalue weighted by molar-refractivity contribution is -0.146. The predicted octanol–water partition coefficient (Wildman–Crippen LogP) is 1.99. The number of halogens is 3. The summed E-state index contributed by atoms with van der Waals surface area (Å²) in [6.45, 7) is 3.92. The van der Waals surface area contributed by atoms with Gasteiger partial charge in [0.25, 0.3) is 0 Å². The highest BCUT2D eigenvalue weighted by Crippen LogP contribution is 2.34. The highest BCUT2D eigenvalue weighted by atomic mass is 19.4. The number of amidine groups is 1. The molecule has 1 aliphatic heterocycles. The van der Waals surface area contributed by atoms with Gasteiger partial charge < -0.3 is 16.0 Å². The normalized spacial score (nSPS) is 19.3. The van der Waals surface area contributed by atoms with Crippen molar-refractivity contribution in [2.75, 3.05) is 11.4 Å². The number of anilines is 1. The maximum atomic E-state index is 12.9. The van der Waals surface area contributed by atoms with Crippen LogP contribution in [0.1, 0.15) is 18.4 Å². The van der Waals surface area contributed by atoms with Gasteiger partial charge in [-0.2, -0.15) is 13.2 Å². The van der Waals surface area contributed by atoms with Crippen molar-refractivity contribution in [3.63, 3.8) is 0 Å². The molecule has 0 saturated carbocycles. The van der Waals surface area contributed by atoms with Gasteiger partial charge in [0.05, 0.1) is 11.9 Å². The van der Waals surface area contributed by atoms with Crippen LogP contribution < -0.4 is 10.6 Å². The second-order valence-corrected chi connectivity index (χ2v) is 4.79. The smallest absolute Gasteiger partial charge is 0.382 e. The van der Waals surface area contributed by atoms with E-state index in [4.69, 9.17) is 11.1 Å². The number of nitrogens with two attached hydrogens (primary N) is 1. The van der Waals surface area contributed by atoms with E-state index in [9.17, 15) is 13.2 Å². The van der Waals surface area contributed by atoms with Crippen LogP contribution >= 0.6 is 0 Å². The summed E-state index contributed by atoms with van der Waals surface area (Å²) in [7, 11) is 0. The Balaban J connectivity index is 2.19. The van der Waals surface area contributed by atoms with E-state index in [-0.39, 0.29) is 30.4 Å². The van der Waals surface area contributed by atoms with Gasteiger partial charge >= 0.3 is 6.18 Å². The zero-order valence-electron chi connectivity index (χ0n) is 11.6. The summed E-state index contributed by atoms with van der Waals surface area (Å²) in [5.74, 6) is -0.00821. The average molecular weight is 312 g/mol. The standard InChI is InChI=1S/C13H15F3N6/c1-8(21-11(18)5-17)9-6-19-12(20-7-9)22-4-2-3-10(22)13(14,15)16/h5-7,10,17H,1-4H2,(H2,18,21)/t10-/m0/s1. The molecule has 118 valence electrons. The van der Waals surface area contributed by atoms with E-state index in [0.717, 1.165) is 11.1 Å². The van der Waals surface area contributed by atoms with Crippen LogP contribution in [-0.2, 0) is 0 Å². The topological polar surface area (TPSA) is 91.2 Å². The van der Waals surface area contributed by atoms with Gasteiger partial charge in [-0.3, -0.25) is 0 Å². The second kappa shape index (κ2) is 6.12. The molecule has 1 aliphatic rings. The molecule has 3 N–H and O–H groups in total. The molecule has 1 saturated heterocycles. The molecule has 2 rings (SSSR count). The maximum Gasteiger partial charge on any atom is 0.408 e. The molecule has 0 bridgehead atoms. The Labute approximate surface area is 125 Å². The Bertz CT molecular complexity index is 593. The van der Waals surface area contributed by atoms with Crippen molar-refractivity contribution < 1.29 is 13.2 Å². The summed E-state index contributed by atoms with van der Waals surface area (Å²) in [6, 6.07) is -1.55. The van der Waals surface area contributed by atoms with Crippen molar-refractivity contribution in [1.29, 1.82) is 5.41 Å². The Morgan fingerprint density at radius 1 is 1.45 bits per heavy atom. The lowest BCUT2D eigenvalue weighted by Crippen LogP contribution is -2.42. The number of aliphatic imine (C=N–C) groups is 1. The van der Waals surface area contributed by atoms with Crippen molar-refractivity contribution in [2.24, 2.45) is 10.7 Å². The number of hydrogen-bond acceptors (Lipinski definition) is 5. The minimum Gasteiger partial charge on any atom is -0.382 e. The fraction of sp³-hybridized carbons (Fsp3) is 0.385. The highest BCUT2D eigenvalue weighted by molar-refractivity contribution is 6.28. The molecule has 1 atom stereocenters. The summed E-state index contributed by atoms with van der Waals surface area (Å²) in [5, 5.41) is 6.93. The van der Waals surface area contributed by atoms with Crippen molar-refractivity contribution in [2.45, 2.75) is 25.1 Å². The first-order chi connectivity index (χ1) is 10.3. The minimum atomic E-state index is -4.30. The molecule has 1 aromatic rings. The molecule has 0 aliphatic carbocycles. The average Bonchev–Trinajstić information content (AvgIpc) is 2.96. The molecule has 22 heavy (non-hydrogen) atoms. The second-order valence-electron chi connectivity index (χ2n) is 4.79. The molecule has 0 radical (unpaired) electrons. The van der Waals surface area contributed by atoms with Crippen LogP contribution in [0.3, 0.4) is 0 Å². The minimum absolute atomic E-state index is 0.0281. The van der Waals surface area contributed by atoms with E-state index in [2.05, 4.69) is 21.5 Å². The molecule has 1 fully saturated rings. The summed E-state index contributed by atoms with van der Waals surface area (Å²) >= 11 is 0. The first-order valence-electron chi connectivity index (χ1n) is 6.52. The fourth-order valence-corrected chi connectivity index (χ4v) is 2.22. The van der Waals surface area contributed by atoms with Gasteiger partial charge in [0, 0.05) is 24.5 Å². The zero-order chi connectivity index (χ0) is 16.3. The Morgan fingerprint density at radius 2 is 2.09 bits per heavy atom. The van der Waals surface area contributed by atoms with Crippen molar-refractivity contribution in [1.82, 2.24) is 9.97 Å². The quantitative estimate of drug-likeness (QED) is 0.657. The van der Waals surface area contributed by atoms with Crippen LogP contribution in [0.15, 0.2) is 24.0 Å². The van der Waals surface area contributed by atoms with Crippen LogP contribution in [0.5, 0.6) is 0 Å². The van der Waals surface area contributed by atoms with Gasteiger partial charge in [0.1, 0.15) is 11.9 Å². The summed E-state index contributed by atoms with van der Waals surface area (Å²) in [5.41, 5.74) is 6.04. The third kappa shape index (κ3) is 3.41. The summed E-state index contributed by atoms with van der Waals surface area (Å²) in [6.07, 6.45) is -0.263. The Kier molecular flexibility index (Phi) is 4.43. The number of aromatic nitrogens is 2. The van der Waals surface area contributed by atoms with Gasteiger partial charge in [0.2, 0.25) is 5.95 Å². The van der Waals surface area contributed by atoms with Gasteiger partial charge in [-0.05, 0) is 12.8 Å². The van der Waals surface area contributed by atoms with Gasteiger partial charge in [-0.15, -0.1) is 0 Å². The van der Waals surface area contributed by atoms with Crippen molar-refractivity contribution in [3.05, 3.63) is 24.5 Å². The van der Waals surface area contributed by atoms with Gasteiger partial charge in [-0.1, -0.05) is 6.58 Å². The monoisotopic (exact) mass is 312 g/mol. The molecule has 2 heterocycles. The maximum absolute atomic E-state index is 12.9. The zero-order valence-corrected chi connectivity index (χ0v) is 11.6. The van der Waals surface area contributed by atoms with E-state index in [1.54, 1.807) is 0 Å². The third-order valence-corrected chi connectivity index (χ3v) is 3.27. The lowest BCUT2D eigenvalue weighted by atomic mass is 10.2. The fourth-order valence-electron chi connectivity index (χ4n) is 2.22. The molecule has 0 unspecified atom stereocenters. The molecule has 0 aromatic carbocycles. The van der Waals surface area contributed by atoms with Crippen molar-refractivity contribution in [3.8, 4) is 0 Å². The molecular weight excluding hydrogens is 297 g/mol. The number of alkyl halides is 3. The highest BCUT2D eigenvalue weighted by Gasteiger charge is 2.46. The Hall–Kier alpha value is -2.45. The van der Waals surface area contributed by atoms with Crippen molar-refractivity contribution >= 4 is 23.7 Å². The van der Waals surface area contributed by atoms with E-state index in [0.29, 0.717) is 12.0 Å². The van der Waals surface area contributed by atoms with E-state index >= 15 is 0 Å². The molecule has 6 nitrogen and oxygen atoms in total. The number of nitrogens with zero attached hydrogens (tertiary/aromatic N) is 4. The van der Waals surface area contributed by atoms with Crippen LogP contribution in [0, 0.1) is 5.41 Å². The van der Waals surface area contributed by atoms with Crippen LogP contribution in [-0.4, -0.2) is 40.8 Å². The predicted molar refractivity (Wildman–Crippen MR) is 77.9 cm³/mol. The lowest BCUT2D eigenvalue weighted by Gasteiger charge is -2.26. The van der Waals surface area contributed by atoms with Gasteiger partial charge in [0.15, 0.2) is 0 Å². The van der Waals surface area contributed by atoms with Crippen LogP contribution in [0.2, 0.25) is 0 Å².